The summed E-state index contributed by atoms with van der Waals surface area (Å²) >= 11 is 0. The first kappa shape index (κ1) is 12.6. The summed E-state index contributed by atoms with van der Waals surface area (Å²) in [6.45, 7) is 1.56. The van der Waals surface area contributed by atoms with Gasteiger partial charge in [-0.2, -0.15) is 0 Å². The molecule has 2 N–H and O–H groups in total. The number of rotatable bonds is 2. The Hall–Kier alpha value is -1.89. The van der Waals surface area contributed by atoms with Gasteiger partial charge in [-0.1, -0.05) is 0 Å². The number of carboxylic acid groups (broad SMARTS) is 1. The van der Waals surface area contributed by atoms with Gasteiger partial charge in [-0.15, -0.1) is 0 Å². The lowest BCUT2D eigenvalue weighted by Gasteiger charge is -2.25. The van der Waals surface area contributed by atoms with E-state index < -0.39 is 17.2 Å². The third-order valence-corrected chi connectivity index (χ3v) is 3.24. The molecule has 0 aromatic carbocycles. The molecule has 7 heteroatoms. The molecule has 1 aliphatic rings. The van der Waals surface area contributed by atoms with Gasteiger partial charge in [-0.3, -0.25) is 13.9 Å². The van der Waals surface area contributed by atoms with Gasteiger partial charge < -0.3 is 10.4 Å². The number of aromatic carboxylic acids is 1. The molecule has 0 atom stereocenters. The Morgan fingerprint density at radius 3 is 2.56 bits per heavy atom. The number of hydrogen-bond donors (Lipinski definition) is 2. The summed E-state index contributed by atoms with van der Waals surface area (Å²) < 4.78 is 2.22. The minimum absolute atomic E-state index is 0.0522. The van der Waals surface area contributed by atoms with Crippen molar-refractivity contribution < 1.29 is 9.90 Å². The minimum Gasteiger partial charge on any atom is -0.477 e. The second kappa shape index (κ2) is 4.77. The summed E-state index contributed by atoms with van der Waals surface area (Å²) in [6, 6.07) is -0.0522. The average Bonchev–Trinajstić information content (AvgIpc) is 2.37. The molecule has 0 bridgehead atoms. The SMILES string of the molecule is Cn1c(=O)c(C(=O)O)cn(C2CCNCC2)c1=O. The number of carboxylic acids is 1. The monoisotopic (exact) mass is 253 g/mol. The van der Waals surface area contributed by atoms with Gasteiger partial charge in [-0.25, -0.2) is 9.59 Å². The van der Waals surface area contributed by atoms with Crippen molar-refractivity contribution in [3.63, 3.8) is 0 Å². The van der Waals surface area contributed by atoms with E-state index in [4.69, 9.17) is 5.11 Å². The Bertz CT molecular complexity index is 581. The van der Waals surface area contributed by atoms with Gasteiger partial charge in [0.15, 0.2) is 0 Å². The first-order chi connectivity index (χ1) is 8.52. The molecule has 2 heterocycles. The van der Waals surface area contributed by atoms with Crippen LogP contribution >= 0.6 is 0 Å². The molecule has 0 amide bonds. The van der Waals surface area contributed by atoms with Crippen LogP contribution in [0.3, 0.4) is 0 Å². The lowest BCUT2D eigenvalue weighted by molar-refractivity contribution is 0.0692. The quantitative estimate of drug-likeness (QED) is 0.717. The van der Waals surface area contributed by atoms with Crippen molar-refractivity contribution in [3.8, 4) is 0 Å². The van der Waals surface area contributed by atoms with E-state index in [-0.39, 0.29) is 11.6 Å². The normalized spacial score (nSPS) is 16.7. The number of piperidine rings is 1. The summed E-state index contributed by atoms with van der Waals surface area (Å²) in [7, 11) is 1.30. The maximum absolute atomic E-state index is 12.0. The Balaban J connectivity index is 2.56. The smallest absolute Gasteiger partial charge is 0.342 e. The maximum atomic E-state index is 12.0. The van der Waals surface area contributed by atoms with Crippen LogP contribution in [0.15, 0.2) is 15.8 Å². The standard InChI is InChI=1S/C11H15N3O4/c1-13-9(15)8(10(16)17)6-14(11(13)18)7-2-4-12-5-3-7/h6-7,12H,2-5H2,1H3,(H,16,17). The van der Waals surface area contributed by atoms with Crippen LogP contribution in [0.1, 0.15) is 29.2 Å². The van der Waals surface area contributed by atoms with E-state index in [2.05, 4.69) is 5.32 Å². The Morgan fingerprint density at radius 2 is 2.00 bits per heavy atom. The predicted octanol–water partition coefficient (Wildman–Crippen LogP) is -0.830. The molecule has 7 nitrogen and oxygen atoms in total. The summed E-state index contributed by atoms with van der Waals surface area (Å²) in [6.07, 6.45) is 2.66. The summed E-state index contributed by atoms with van der Waals surface area (Å²) in [5.41, 5.74) is -1.59. The number of nitrogens with zero attached hydrogens (tertiary/aromatic N) is 2. The fourth-order valence-corrected chi connectivity index (χ4v) is 2.18. The first-order valence-electron chi connectivity index (χ1n) is 5.78. The van der Waals surface area contributed by atoms with Crippen LogP contribution in [0.25, 0.3) is 0 Å². The van der Waals surface area contributed by atoms with Gasteiger partial charge in [0.05, 0.1) is 0 Å². The molecule has 0 aliphatic carbocycles. The average molecular weight is 253 g/mol. The number of carbonyl (C=O) groups is 1. The zero-order chi connectivity index (χ0) is 13.3. The fourth-order valence-electron chi connectivity index (χ4n) is 2.18. The fraction of sp³-hybridized carbons (Fsp3) is 0.545. The number of aromatic nitrogens is 2. The molecule has 1 saturated heterocycles. The van der Waals surface area contributed by atoms with Crippen LogP contribution < -0.4 is 16.6 Å². The molecule has 0 spiro atoms. The highest BCUT2D eigenvalue weighted by atomic mass is 16.4. The van der Waals surface area contributed by atoms with Crippen LogP contribution in [0.2, 0.25) is 0 Å². The second-order valence-corrected chi connectivity index (χ2v) is 4.38. The van der Waals surface area contributed by atoms with Crippen molar-refractivity contribution in [1.82, 2.24) is 14.5 Å². The summed E-state index contributed by atoms with van der Waals surface area (Å²) in [5.74, 6) is -1.31. The van der Waals surface area contributed by atoms with E-state index >= 15 is 0 Å². The van der Waals surface area contributed by atoms with Crippen molar-refractivity contribution in [3.05, 3.63) is 32.6 Å². The second-order valence-electron chi connectivity index (χ2n) is 4.38. The molecular weight excluding hydrogens is 238 g/mol. The third-order valence-electron chi connectivity index (χ3n) is 3.24. The van der Waals surface area contributed by atoms with E-state index in [9.17, 15) is 14.4 Å². The van der Waals surface area contributed by atoms with Gasteiger partial charge in [0, 0.05) is 19.3 Å². The minimum atomic E-state index is -1.31. The van der Waals surface area contributed by atoms with E-state index in [0.717, 1.165) is 30.5 Å². The van der Waals surface area contributed by atoms with Gasteiger partial charge in [0.1, 0.15) is 5.56 Å². The van der Waals surface area contributed by atoms with E-state index in [1.165, 1.54) is 17.8 Å². The first-order valence-corrected chi connectivity index (χ1v) is 5.78. The van der Waals surface area contributed by atoms with E-state index in [1.54, 1.807) is 0 Å². The number of nitrogens with one attached hydrogen (secondary N) is 1. The van der Waals surface area contributed by atoms with E-state index in [0.29, 0.717) is 0 Å². The predicted molar refractivity (Wildman–Crippen MR) is 64.0 cm³/mol. The van der Waals surface area contributed by atoms with Gasteiger partial charge in [0.25, 0.3) is 5.56 Å². The highest BCUT2D eigenvalue weighted by Crippen LogP contribution is 2.15. The largest absolute Gasteiger partial charge is 0.477 e. The zero-order valence-corrected chi connectivity index (χ0v) is 10.0. The van der Waals surface area contributed by atoms with Crippen molar-refractivity contribution in [2.75, 3.05) is 13.1 Å². The van der Waals surface area contributed by atoms with Crippen LogP contribution in [0.5, 0.6) is 0 Å². The maximum Gasteiger partial charge on any atom is 0.342 e. The van der Waals surface area contributed by atoms with Crippen molar-refractivity contribution in [2.24, 2.45) is 7.05 Å². The molecule has 0 radical (unpaired) electrons. The molecule has 1 aliphatic heterocycles. The lowest BCUT2D eigenvalue weighted by atomic mass is 10.1. The van der Waals surface area contributed by atoms with Gasteiger partial charge >= 0.3 is 11.7 Å². The van der Waals surface area contributed by atoms with E-state index in [1.807, 2.05) is 0 Å². The summed E-state index contributed by atoms with van der Waals surface area (Å²) in [4.78, 5) is 34.6. The molecular formula is C11H15N3O4. The van der Waals surface area contributed by atoms with Crippen molar-refractivity contribution >= 4 is 5.97 Å². The molecule has 0 saturated carbocycles. The van der Waals surface area contributed by atoms with Gasteiger partial charge in [0.2, 0.25) is 0 Å². The molecule has 2 rings (SSSR count). The molecule has 1 aromatic rings. The van der Waals surface area contributed by atoms with Crippen molar-refractivity contribution in [1.29, 1.82) is 0 Å². The molecule has 18 heavy (non-hydrogen) atoms. The van der Waals surface area contributed by atoms with Crippen LogP contribution in [-0.4, -0.2) is 33.3 Å². The molecule has 0 unspecified atom stereocenters. The number of hydrogen-bond acceptors (Lipinski definition) is 4. The van der Waals surface area contributed by atoms with Crippen LogP contribution in [-0.2, 0) is 7.05 Å². The van der Waals surface area contributed by atoms with Crippen molar-refractivity contribution in [2.45, 2.75) is 18.9 Å². The highest BCUT2D eigenvalue weighted by Gasteiger charge is 2.21. The molecule has 1 fully saturated rings. The lowest BCUT2D eigenvalue weighted by Crippen LogP contribution is -2.43. The Kier molecular flexibility index (Phi) is 3.33. The molecule has 1 aromatic heterocycles. The zero-order valence-electron chi connectivity index (χ0n) is 10.0. The highest BCUT2D eigenvalue weighted by molar-refractivity contribution is 5.86. The van der Waals surface area contributed by atoms with Gasteiger partial charge in [-0.05, 0) is 25.9 Å². The van der Waals surface area contributed by atoms with Crippen LogP contribution in [0, 0.1) is 0 Å². The summed E-state index contributed by atoms with van der Waals surface area (Å²) in [5, 5.41) is 12.1. The topological polar surface area (TPSA) is 93.3 Å². The molecule has 98 valence electrons. The van der Waals surface area contributed by atoms with Crippen LogP contribution in [0.4, 0.5) is 0 Å². The third kappa shape index (κ3) is 2.08. The Morgan fingerprint density at radius 1 is 1.39 bits per heavy atom. The Labute approximate surface area is 103 Å².